The fourth-order valence-corrected chi connectivity index (χ4v) is 1.62. The molecule has 1 amide bonds. The molecular weight excluding hydrogens is 210 g/mol. The van der Waals surface area contributed by atoms with Crippen LogP contribution in [-0.4, -0.2) is 35.4 Å². The van der Waals surface area contributed by atoms with Gasteiger partial charge < -0.3 is 10.2 Å². The van der Waals surface area contributed by atoms with Gasteiger partial charge in [0.15, 0.2) is 0 Å². The molecule has 1 N–H and O–H groups in total. The lowest BCUT2D eigenvalue weighted by molar-refractivity contribution is -0.129. The lowest BCUT2D eigenvalue weighted by Crippen LogP contribution is -2.37. The smallest absolute Gasteiger partial charge is 0.236 e. The zero-order valence-electron chi connectivity index (χ0n) is 9.36. The Hall–Kier alpha value is -0.940. The molecule has 1 heterocycles. The van der Waals surface area contributed by atoms with E-state index in [0.29, 0.717) is 19.1 Å². The first-order valence-corrected chi connectivity index (χ1v) is 5.88. The summed E-state index contributed by atoms with van der Waals surface area (Å²) < 4.78 is 0. The SMILES string of the molecule is CC(C)NCC(=O)N(C)Cc1cscn1. The van der Waals surface area contributed by atoms with Crippen LogP contribution in [0.3, 0.4) is 0 Å². The Bertz CT molecular complexity index is 298. The van der Waals surface area contributed by atoms with Crippen molar-refractivity contribution in [2.75, 3.05) is 13.6 Å². The predicted molar refractivity (Wildman–Crippen MR) is 61.7 cm³/mol. The largest absolute Gasteiger partial charge is 0.339 e. The maximum Gasteiger partial charge on any atom is 0.236 e. The zero-order chi connectivity index (χ0) is 11.3. The van der Waals surface area contributed by atoms with Crippen LogP contribution < -0.4 is 5.32 Å². The van der Waals surface area contributed by atoms with Crippen LogP contribution in [-0.2, 0) is 11.3 Å². The molecule has 0 unspecified atom stereocenters. The number of nitrogens with zero attached hydrogens (tertiary/aromatic N) is 2. The Morgan fingerprint density at radius 2 is 2.40 bits per heavy atom. The highest BCUT2D eigenvalue weighted by Crippen LogP contribution is 2.03. The van der Waals surface area contributed by atoms with E-state index in [1.165, 1.54) is 0 Å². The van der Waals surface area contributed by atoms with E-state index in [-0.39, 0.29) is 5.91 Å². The van der Waals surface area contributed by atoms with E-state index in [2.05, 4.69) is 10.3 Å². The van der Waals surface area contributed by atoms with E-state index in [9.17, 15) is 4.79 Å². The summed E-state index contributed by atoms with van der Waals surface area (Å²) in [6.45, 7) is 5.02. The molecule has 84 valence electrons. The van der Waals surface area contributed by atoms with Crippen LogP contribution in [0.5, 0.6) is 0 Å². The first-order chi connectivity index (χ1) is 7.09. The average molecular weight is 227 g/mol. The maximum absolute atomic E-state index is 11.6. The first kappa shape index (κ1) is 12.1. The van der Waals surface area contributed by atoms with Crippen molar-refractivity contribution in [3.05, 3.63) is 16.6 Å². The van der Waals surface area contributed by atoms with Crippen LogP contribution >= 0.6 is 11.3 Å². The Balaban J connectivity index is 2.33. The van der Waals surface area contributed by atoms with Crippen LogP contribution in [0.2, 0.25) is 0 Å². The van der Waals surface area contributed by atoms with E-state index >= 15 is 0 Å². The number of hydrogen-bond acceptors (Lipinski definition) is 4. The van der Waals surface area contributed by atoms with Gasteiger partial charge in [0.2, 0.25) is 5.91 Å². The van der Waals surface area contributed by atoms with Gasteiger partial charge >= 0.3 is 0 Å². The van der Waals surface area contributed by atoms with E-state index in [0.717, 1.165) is 5.69 Å². The van der Waals surface area contributed by atoms with Gasteiger partial charge in [-0.1, -0.05) is 13.8 Å². The lowest BCUT2D eigenvalue weighted by atomic mass is 10.3. The van der Waals surface area contributed by atoms with Crippen molar-refractivity contribution < 1.29 is 4.79 Å². The molecule has 1 aromatic rings. The minimum Gasteiger partial charge on any atom is -0.339 e. The number of aromatic nitrogens is 1. The second-order valence-electron chi connectivity index (χ2n) is 3.77. The summed E-state index contributed by atoms with van der Waals surface area (Å²) in [6, 6.07) is 0.335. The number of carbonyl (C=O) groups excluding carboxylic acids is 1. The fraction of sp³-hybridized carbons (Fsp3) is 0.600. The van der Waals surface area contributed by atoms with Crippen molar-refractivity contribution in [2.24, 2.45) is 0 Å². The molecule has 4 nitrogen and oxygen atoms in total. The molecule has 0 bridgehead atoms. The summed E-state index contributed by atoms with van der Waals surface area (Å²) in [7, 11) is 1.80. The Labute approximate surface area is 94.3 Å². The minimum atomic E-state index is 0.0942. The third-order valence-electron chi connectivity index (χ3n) is 1.97. The van der Waals surface area contributed by atoms with E-state index in [1.807, 2.05) is 19.2 Å². The molecule has 0 aliphatic carbocycles. The number of likely N-dealkylation sites (N-methyl/N-ethyl adjacent to an activating group) is 1. The third-order valence-corrected chi connectivity index (χ3v) is 2.61. The normalized spacial score (nSPS) is 10.7. The molecule has 0 saturated heterocycles. The zero-order valence-corrected chi connectivity index (χ0v) is 10.2. The van der Waals surface area contributed by atoms with Gasteiger partial charge in [-0.05, 0) is 0 Å². The quantitative estimate of drug-likeness (QED) is 0.819. The fourth-order valence-electron chi connectivity index (χ4n) is 1.07. The summed E-state index contributed by atoms with van der Waals surface area (Å²) in [6.07, 6.45) is 0. The summed E-state index contributed by atoms with van der Waals surface area (Å²) in [4.78, 5) is 17.4. The van der Waals surface area contributed by atoms with Crippen molar-refractivity contribution in [2.45, 2.75) is 26.4 Å². The van der Waals surface area contributed by atoms with E-state index in [1.54, 1.807) is 28.8 Å². The average Bonchev–Trinajstić information content (AvgIpc) is 2.66. The van der Waals surface area contributed by atoms with Crippen molar-refractivity contribution >= 4 is 17.2 Å². The number of rotatable bonds is 5. The summed E-state index contributed by atoms with van der Waals surface area (Å²) in [5, 5.41) is 5.05. The van der Waals surface area contributed by atoms with Crippen molar-refractivity contribution in [3.63, 3.8) is 0 Å². The molecule has 0 aromatic carbocycles. The standard InChI is InChI=1S/C10H17N3OS/c1-8(2)11-4-10(14)13(3)5-9-6-15-7-12-9/h6-8,11H,4-5H2,1-3H3. The highest BCUT2D eigenvalue weighted by atomic mass is 32.1. The molecular formula is C10H17N3OS. The van der Waals surface area contributed by atoms with Crippen LogP contribution in [0.4, 0.5) is 0 Å². The van der Waals surface area contributed by atoms with Crippen molar-refractivity contribution in [1.29, 1.82) is 0 Å². The van der Waals surface area contributed by atoms with Crippen molar-refractivity contribution in [3.8, 4) is 0 Å². The number of nitrogens with one attached hydrogen (secondary N) is 1. The second-order valence-corrected chi connectivity index (χ2v) is 4.48. The molecule has 1 aromatic heterocycles. The van der Waals surface area contributed by atoms with Gasteiger partial charge in [-0.2, -0.15) is 0 Å². The monoisotopic (exact) mass is 227 g/mol. The molecule has 0 radical (unpaired) electrons. The van der Waals surface area contributed by atoms with Gasteiger partial charge in [0.1, 0.15) is 0 Å². The van der Waals surface area contributed by atoms with Gasteiger partial charge in [-0.3, -0.25) is 4.79 Å². The molecule has 0 aliphatic heterocycles. The molecule has 5 heteroatoms. The van der Waals surface area contributed by atoms with E-state index in [4.69, 9.17) is 0 Å². The molecule has 0 aliphatic rings. The lowest BCUT2D eigenvalue weighted by Gasteiger charge is -2.17. The van der Waals surface area contributed by atoms with Crippen LogP contribution in [0.1, 0.15) is 19.5 Å². The second kappa shape index (κ2) is 5.82. The Kier molecular flexibility index (Phi) is 4.71. The van der Waals surface area contributed by atoms with Crippen LogP contribution in [0, 0.1) is 0 Å². The molecule has 1 rings (SSSR count). The maximum atomic E-state index is 11.6. The highest BCUT2D eigenvalue weighted by molar-refractivity contribution is 7.07. The summed E-state index contributed by atoms with van der Waals surface area (Å²) in [5.74, 6) is 0.0942. The van der Waals surface area contributed by atoms with Crippen LogP contribution in [0.25, 0.3) is 0 Å². The number of carbonyl (C=O) groups is 1. The third kappa shape index (κ3) is 4.40. The predicted octanol–water partition coefficient (Wildman–Crippen LogP) is 1.10. The number of amides is 1. The topological polar surface area (TPSA) is 45.2 Å². The molecule has 0 spiro atoms. The molecule has 0 saturated carbocycles. The first-order valence-electron chi connectivity index (χ1n) is 4.94. The highest BCUT2D eigenvalue weighted by Gasteiger charge is 2.09. The van der Waals surface area contributed by atoms with Crippen LogP contribution in [0.15, 0.2) is 10.9 Å². The number of hydrogen-bond donors (Lipinski definition) is 1. The summed E-state index contributed by atoms with van der Waals surface area (Å²) in [5.41, 5.74) is 2.72. The number of thiazole rings is 1. The summed E-state index contributed by atoms with van der Waals surface area (Å²) >= 11 is 1.55. The van der Waals surface area contributed by atoms with Gasteiger partial charge in [0.25, 0.3) is 0 Å². The Morgan fingerprint density at radius 3 is 2.93 bits per heavy atom. The minimum absolute atomic E-state index is 0.0942. The molecule has 0 atom stereocenters. The van der Waals surface area contributed by atoms with Gasteiger partial charge in [0, 0.05) is 18.5 Å². The van der Waals surface area contributed by atoms with Gasteiger partial charge in [-0.15, -0.1) is 11.3 Å². The molecule has 0 fully saturated rings. The molecule has 15 heavy (non-hydrogen) atoms. The van der Waals surface area contributed by atoms with Gasteiger partial charge in [-0.25, -0.2) is 4.98 Å². The van der Waals surface area contributed by atoms with Crippen molar-refractivity contribution in [1.82, 2.24) is 15.2 Å². The Morgan fingerprint density at radius 1 is 1.67 bits per heavy atom. The van der Waals surface area contributed by atoms with E-state index < -0.39 is 0 Å². The van der Waals surface area contributed by atoms with Gasteiger partial charge in [0.05, 0.1) is 24.3 Å².